The topological polar surface area (TPSA) is 43.4 Å². The van der Waals surface area contributed by atoms with Crippen LogP contribution in [0.1, 0.15) is 32.9 Å². The van der Waals surface area contributed by atoms with E-state index in [9.17, 15) is 0 Å². The molecule has 1 fully saturated rings. The summed E-state index contributed by atoms with van der Waals surface area (Å²) in [6, 6.07) is 3.92. The lowest BCUT2D eigenvalue weighted by Gasteiger charge is -2.20. The minimum absolute atomic E-state index is 0.0970. The Bertz CT molecular complexity index is 395. The number of nitrogens with one attached hydrogen (secondary N) is 1. The van der Waals surface area contributed by atoms with Crippen LogP contribution >= 0.6 is 0 Å². The Hall–Kier alpha value is -1.13. The number of nitrogens with zero attached hydrogens (tertiary/aromatic N) is 1. The molecular formula is C15H24N2O2. The zero-order valence-corrected chi connectivity index (χ0v) is 12.1. The molecule has 1 aliphatic heterocycles. The zero-order chi connectivity index (χ0) is 13.7. The van der Waals surface area contributed by atoms with Gasteiger partial charge in [0.1, 0.15) is 5.75 Å². The zero-order valence-electron chi connectivity index (χ0n) is 12.1. The van der Waals surface area contributed by atoms with E-state index in [-0.39, 0.29) is 5.54 Å². The quantitative estimate of drug-likeness (QED) is 0.887. The highest BCUT2D eigenvalue weighted by molar-refractivity contribution is 5.22. The first-order valence-corrected chi connectivity index (χ1v) is 6.93. The molecule has 0 amide bonds. The maximum Gasteiger partial charge on any atom is 0.122 e. The molecule has 4 nitrogen and oxygen atoms in total. The summed E-state index contributed by atoms with van der Waals surface area (Å²) in [7, 11) is 0. The average molecular weight is 264 g/mol. The summed E-state index contributed by atoms with van der Waals surface area (Å²) in [6.07, 6.45) is 2.91. The average Bonchev–Trinajstić information content (AvgIpc) is 2.87. The van der Waals surface area contributed by atoms with Crippen molar-refractivity contribution in [2.45, 2.75) is 39.3 Å². The maximum absolute atomic E-state index is 5.81. The van der Waals surface area contributed by atoms with Crippen molar-refractivity contribution < 1.29 is 9.47 Å². The van der Waals surface area contributed by atoms with E-state index in [0.717, 1.165) is 44.2 Å². The van der Waals surface area contributed by atoms with Gasteiger partial charge in [-0.05, 0) is 33.3 Å². The van der Waals surface area contributed by atoms with Crippen LogP contribution in [0.4, 0.5) is 0 Å². The lowest BCUT2D eigenvalue weighted by atomic mass is 10.1. The third kappa shape index (κ3) is 5.17. The second-order valence-corrected chi connectivity index (χ2v) is 6.13. The summed E-state index contributed by atoms with van der Waals surface area (Å²) in [6.45, 7) is 9.62. The molecule has 0 saturated carbocycles. The van der Waals surface area contributed by atoms with Crippen LogP contribution in [0.5, 0.6) is 5.75 Å². The van der Waals surface area contributed by atoms with Crippen molar-refractivity contribution >= 4 is 0 Å². The van der Waals surface area contributed by atoms with E-state index in [1.165, 1.54) is 0 Å². The summed E-state index contributed by atoms with van der Waals surface area (Å²) in [5.74, 6) is 1.43. The number of hydrogen-bond acceptors (Lipinski definition) is 4. The van der Waals surface area contributed by atoms with Gasteiger partial charge in [-0.15, -0.1) is 0 Å². The van der Waals surface area contributed by atoms with Crippen LogP contribution in [0, 0.1) is 5.92 Å². The highest BCUT2D eigenvalue weighted by Gasteiger charge is 2.16. The fourth-order valence-electron chi connectivity index (χ4n) is 1.93. The monoisotopic (exact) mass is 264 g/mol. The van der Waals surface area contributed by atoms with Crippen LogP contribution < -0.4 is 10.1 Å². The number of hydrogen-bond donors (Lipinski definition) is 1. The molecule has 0 aliphatic carbocycles. The predicted octanol–water partition coefficient (Wildman–Crippen LogP) is 2.39. The lowest BCUT2D eigenvalue weighted by Crippen LogP contribution is -2.35. The molecule has 0 aromatic carbocycles. The third-order valence-corrected chi connectivity index (χ3v) is 3.10. The number of rotatable bonds is 5. The van der Waals surface area contributed by atoms with Gasteiger partial charge >= 0.3 is 0 Å². The molecule has 2 heterocycles. The summed E-state index contributed by atoms with van der Waals surface area (Å²) < 4.78 is 11.2. The van der Waals surface area contributed by atoms with E-state index in [1.54, 1.807) is 6.20 Å². The molecule has 1 atom stereocenters. The lowest BCUT2D eigenvalue weighted by molar-refractivity contribution is 0.167. The molecule has 0 radical (unpaired) electrons. The van der Waals surface area contributed by atoms with Crippen LogP contribution in [0.3, 0.4) is 0 Å². The molecule has 0 bridgehead atoms. The van der Waals surface area contributed by atoms with Gasteiger partial charge in [-0.3, -0.25) is 4.98 Å². The van der Waals surface area contributed by atoms with Crippen molar-refractivity contribution in [2.75, 3.05) is 19.8 Å². The molecule has 19 heavy (non-hydrogen) atoms. The molecule has 0 spiro atoms. The number of ether oxygens (including phenoxy) is 2. The molecule has 4 heteroatoms. The summed E-state index contributed by atoms with van der Waals surface area (Å²) in [4.78, 5) is 4.36. The standard InChI is InChI=1S/C15H24N2O2/c1-15(2,3)17-9-13-8-14(4-6-16-13)19-11-12-5-7-18-10-12/h4,6,8,12,17H,5,7,9-11H2,1-3H3. The molecule has 2 rings (SSSR count). The Kier molecular flexibility index (Phi) is 4.77. The van der Waals surface area contributed by atoms with Crippen molar-refractivity contribution in [1.29, 1.82) is 0 Å². The largest absolute Gasteiger partial charge is 0.493 e. The van der Waals surface area contributed by atoms with Crippen molar-refractivity contribution in [1.82, 2.24) is 10.3 Å². The minimum Gasteiger partial charge on any atom is -0.493 e. The fourth-order valence-corrected chi connectivity index (χ4v) is 1.93. The van der Waals surface area contributed by atoms with E-state index in [4.69, 9.17) is 9.47 Å². The molecule has 1 N–H and O–H groups in total. The summed E-state index contributed by atoms with van der Waals surface area (Å²) in [5.41, 5.74) is 1.11. The Morgan fingerprint density at radius 2 is 2.32 bits per heavy atom. The third-order valence-electron chi connectivity index (χ3n) is 3.10. The van der Waals surface area contributed by atoms with Gasteiger partial charge in [0, 0.05) is 36.9 Å². The SMILES string of the molecule is CC(C)(C)NCc1cc(OCC2CCOC2)ccn1. The Morgan fingerprint density at radius 3 is 3.00 bits per heavy atom. The van der Waals surface area contributed by atoms with Crippen molar-refractivity contribution in [2.24, 2.45) is 5.92 Å². The molecule has 1 saturated heterocycles. The van der Waals surface area contributed by atoms with Gasteiger partial charge in [-0.2, -0.15) is 0 Å². The first kappa shape index (κ1) is 14.3. The Morgan fingerprint density at radius 1 is 1.47 bits per heavy atom. The first-order chi connectivity index (χ1) is 9.03. The fraction of sp³-hybridized carbons (Fsp3) is 0.667. The van der Waals surface area contributed by atoms with E-state index in [0.29, 0.717) is 5.92 Å². The van der Waals surface area contributed by atoms with E-state index in [1.807, 2.05) is 12.1 Å². The summed E-state index contributed by atoms with van der Waals surface area (Å²) >= 11 is 0. The van der Waals surface area contributed by atoms with Gasteiger partial charge in [0.15, 0.2) is 0 Å². The number of aromatic nitrogens is 1. The van der Waals surface area contributed by atoms with Crippen LogP contribution in [0.25, 0.3) is 0 Å². The van der Waals surface area contributed by atoms with Gasteiger partial charge in [0.25, 0.3) is 0 Å². The second kappa shape index (κ2) is 6.35. The van der Waals surface area contributed by atoms with Crippen molar-refractivity contribution in [3.05, 3.63) is 24.0 Å². The van der Waals surface area contributed by atoms with Gasteiger partial charge in [-0.1, -0.05) is 0 Å². The van der Waals surface area contributed by atoms with Crippen LogP contribution in [-0.4, -0.2) is 30.3 Å². The predicted molar refractivity (Wildman–Crippen MR) is 75.3 cm³/mol. The first-order valence-electron chi connectivity index (χ1n) is 6.93. The van der Waals surface area contributed by atoms with Gasteiger partial charge in [-0.25, -0.2) is 0 Å². The van der Waals surface area contributed by atoms with E-state index in [2.05, 4.69) is 31.1 Å². The van der Waals surface area contributed by atoms with Gasteiger partial charge < -0.3 is 14.8 Å². The van der Waals surface area contributed by atoms with Gasteiger partial charge in [0.2, 0.25) is 0 Å². The smallest absolute Gasteiger partial charge is 0.122 e. The maximum atomic E-state index is 5.81. The molecule has 1 aliphatic rings. The van der Waals surface area contributed by atoms with Crippen molar-refractivity contribution in [3.63, 3.8) is 0 Å². The normalized spacial score (nSPS) is 19.6. The van der Waals surface area contributed by atoms with E-state index >= 15 is 0 Å². The molecule has 1 unspecified atom stereocenters. The van der Waals surface area contributed by atoms with Gasteiger partial charge in [0.05, 0.1) is 18.9 Å². The van der Waals surface area contributed by atoms with Crippen LogP contribution in [0.2, 0.25) is 0 Å². The highest BCUT2D eigenvalue weighted by atomic mass is 16.5. The Labute approximate surface area is 115 Å². The highest BCUT2D eigenvalue weighted by Crippen LogP contribution is 2.17. The molecular weight excluding hydrogens is 240 g/mol. The summed E-state index contributed by atoms with van der Waals surface area (Å²) in [5, 5.41) is 3.42. The second-order valence-electron chi connectivity index (χ2n) is 6.13. The van der Waals surface area contributed by atoms with E-state index < -0.39 is 0 Å². The van der Waals surface area contributed by atoms with Crippen molar-refractivity contribution in [3.8, 4) is 5.75 Å². The van der Waals surface area contributed by atoms with Crippen LogP contribution in [-0.2, 0) is 11.3 Å². The minimum atomic E-state index is 0.0970. The Balaban J connectivity index is 1.84. The molecule has 1 aromatic heterocycles. The number of pyridine rings is 1. The molecule has 1 aromatic rings. The van der Waals surface area contributed by atoms with Crippen LogP contribution in [0.15, 0.2) is 18.3 Å². The molecule has 106 valence electrons.